The van der Waals surface area contributed by atoms with Crippen molar-refractivity contribution in [2.24, 2.45) is 0 Å². The average Bonchev–Trinajstić information content (AvgIpc) is 3.27. The number of nitrogens with zero attached hydrogens (tertiary/aromatic N) is 3. The van der Waals surface area contributed by atoms with Gasteiger partial charge in [0.1, 0.15) is 11.9 Å². The Morgan fingerprint density at radius 2 is 1.83 bits per heavy atom. The molecule has 1 unspecified atom stereocenters. The van der Waals surface area contributed by atoms with Crippen LogP contribution in [-0.2, 0) is 19.5 Å². The van der Waals surface area contributed by atoms with Gasteiger partial charge in [0.25, 0.3) is 0 Å². The van der Waals surface area contributed by atoms with E-state index in [0.717, 1.165) is 5.56 Å². The Kier molecular flexibility index (Phi) is 5.40. The molecule has 2 heterocycles. The normalized spacial score (nSPS) is 12.6. The molecule has 0 amide bonds. The molecule has 0 fully saturated rings. The van der Waals surface area contributed by atoms with Gasteiger partial charge in [0.05, 0.1) is 12.8 Å². The highest BCUT2D eigenvalue weighted by molar-refractivity contribution is 5.14. The Labute approximate surface area is 140 Å². The van der Waals surface area contributed by atoms with Crippen molar-refractivity contribution in [2.75, 3.05) is 6.54 Å². The Morgan fingerprint density at radius 1 is 1.04 bits per heavy atom. The van der Waals surface area contributed by atoms with Crippen LogP contribution in [-0.4, -0.2) is 26.7 Å². The predicted octanol–water partition coefficient (Wildman–Crippen LogP) is 2.96. The van der Waals surface area contributed by atoms with Crippen LogP contribution in [0.4, 0.5) is 0 Å². The molecule has 0 saturated carbocycles. The van der Waals surface area contributed by atoms with E-state index in [1.807, 2.05) is 25.1 Å². The lowest BCUT2D eigenvalue weighted by atomic mass is 10.2. The summed E-state index contributed by atoms with van der Waals surface area (Å²) in [7, 11) is 0. The molecule has 1 N–H and O–H groups in total. The van der Waals surface area contributed by atoms with E-state index in [1.165, 1.54) is 0 Å². The molecule has 0 bridgehead atoms. The van der Waals surface area contributed by atoms with E-state index in [0.29, 0.717) is 43.6 Å². The van der Waals surface area contributed by atoms with Gasteiger partial charge < -0.3 is 13.9 Å². The molecule has 0 saturated heterocycles. The maximum atomic E-state index is 10.4. The summed E-state index contributed by atoms with van der Waals surface area (Å²) in [5, 5.41) is 18.5. The van der Waals surface area contributed by atoms with Crippen LogP contribution < -0.4 is 0 Å². The molecule has 6 heteroatoms. The fourth-order valence-electron chi connectivity index (χ4n) is 2.53. The van der Waals surface area contributed by atoms with E-state index < -0.39 is 6.10 Å². The van der Waals surface area contributed by atoms with E-state index in [9.17, 15) is 5.11 Å². The maximum absolute atomic E-state index is 10.4. The van der Waals surface area contributed by atoms with Crippen LogP contribution in [0.15, 0.2) is 57.6 Å². The third-order valence-electron chi connectivity index (χ3n) is 3.72. The number of aryl methyl sites for hydroxylation is 1. The minimum Gasteiger partial charge on any atom is -0.467 e. The summed E-state index contributed by atoms with van der Waals surface area (Å²) in [6.07, 6.45) is 1.56. The molecule has 0 aliphatic rings. The van der Waals surface area contributed by atoms with Gasteiger partial charge >= 0.3 is 0 Å². The monoisotopic (exact) mass is 327 g/mol. The van der Waals surface area contributed by atoms with Crippen LogP contribution in [0.1, 0.15) is 36.1 Å². The van der Waals surface area contributed by atoms with E-state index in [-0.39, 0.29) is 0 Å². The minimum absolute atomic E-state index is 0.409. The largest absolute Gasteiger partial charge is 0.467 e. The molecule has 0 radical (unpaired) electrons. The molecule has 0 spiro atoms. The number of hydrogen-bond acceptors (Lipinski definition) is 6. The minimum atomic E-state index is -0.711. The number of furan rings is 1. The van der Waals surface area contributed by atoms with Gasteiger partial charge in [-0.05, 0) is 17.7 Å². The topological polar surface area (TPSA) is 75.5 Å². The van der Waals surface area contributed by atoms with Crippen LogP contribution in [0, 0.1) is 0 Å². The maximum Gasteiger partial charge on any atom is 0.230 e. The molecule has 1 aromatic carbocycles. The summed E-state index contributed by atoms with van der Waals surface area (Å²) >= 11 is 0. The zero-order chi connectivity index (χ0) is 16.8. The van der Waals surface area contributed by atoms with Gasteiger partial charge in [0, 0.05) is 19.5 Å². The first kappa shape index (κ1) is 16.4. The van der Waals surface area contributed by atoms with Gasteiger partial charge in [-0.3, -0.25) is 4.90 Å². The number of benzene rings is 1. The highest BCUT2D eigenvalue weighted by Gasteiger charge is 2.18. The Morgan fingerprint density at radius 3 is 2.50 bits per heavy atom. The summed E-state index contributed by atoms with van der Waals surface area (Å²) in [6, 6.07) is 13.6. The molecule has 126 valence electrons. The Balaban J connectivity index is 1.72. The predicted molar refractivity (Wildman–Crippen MR) is 87.9 cm³/mol. The van der Waals surface area contributed by atoms with E-state index in [1.54, 1.807) is 18.4 Å². The second kappa shape index (κ2) is 7.90. The third-order valence-corrected chi connectivity index (χ3v) is 3.72. The lowest BCUT2D eigenvalue weighted by molar-refractivity contribution is 0.0826. The smallest absolute Gasteiger partial charge is 0.230 e. The van der Waals surface area contributed by atoms with E-state index in [4.69, 9.17) is 8.83 Å². The summed E-state index contributed by atoms with van der Waals surface area (Å²) in [4.78, 5) is 2.06. The van der Waals surface area contributed by atoms with Crippen molar-refractivity contribution in [3.8, 4) is 0 Å². The van der Waals surface area contributed by atoms with Crippen LogP contribution in [0.25, 0.3) is 0 Å². The van der Waals surface area contributed by atoms with Gasteiger partial charge in [-0.25, -0.2) is 0 Å². The van der Waals surface area contributed by atoms with E-state index in [2.05, 4.69) is 27.2 Å². The zero-order valence-electron chi connectivity index (χ0n) is 13.6. The third kappa shape index (κ3) is 4.31. The first-order valence-corrected chi connectivity index (χ1v) is 8.03. The number of hydrogen-bond donors (Lipinski definition) is 1. The molecule has 3 rings (SSSR count). The van der Waals surface area contributed by atoms with Crippen molar-refractivity contribution < 1.29 is 13.9 Å². The first-order chi connectivity index (χ1) is 11.7. The summed E-state index contributed by atoms with van der Waals surface area (Å²) < 4.78 is 10.9. The highest BCUT2D eigenvalue weighted by Crippen LogP contribution is 2.18. The van der Waals surface area contributed by atoms with Crippen LogP contribution in [0.3, 0.4) is 0 Å². The van der Waals surface area contributed by atoms with E-state index >= 15 is 0 Å². The van der Waals surface area contributed by atoms with Crippen molar-refractivity contribution >= 4 is 0 Å². The molecule has 0 aliphatic carbocycles. The fraction of sp³-hybridized carbons (Fsp3) is 0.333. The van der Waals surface area contributed by atoms with Crippen molar-refractivity contribution in [1.82, 2.24) is 15.1 Å². The molecule has 2 aromatic heterocycles. The van der Waals surface area contributed by atoms with Crippen LogP contribution in [0.2, 0.25) is 0 Å². The molecule has 6 nitrogen and oxygen atoms in total. The van der Waals surface area contributed by atoms with Crippen LogP contribution in [0.5, 0.6) is 0 Å². The highest BCUT2D eigenvalue weighted by atomic mass is 16.4. The second-order valence-electron chi connectivity index (χ2n) is 5.63. The molecular weight excluding hydrogens is 306 g/mol. The molecule has 0 aliphatic heterocycles. The van der Waals surface area contributed by atoms with Gasteiger partial charge in [-0.1, -0.05) is 37.3 Å². The van der Waals surface area contributed by atoms with Crippen molar-refractivity contribution in [2.45, 2.75) is 32.5 Å². The first-order valence-electron chi connectivity index (χ1n) is 8.03. The van der Waals surface area contributed by atoms with Crippen LogP contribution >= 0.6 is 0 Å². The average molecular weight is 327 g/mol. The quantitative estimate of drug-likeness (QED) is 0.685. The SMILES string of the molecule is CCc1nnc(CN(Cc2ccccc2)CC(O)c2ccco2)o1. The Bertz CT molecular complexity index is 725. The van der Waals surface area contributed by atoms with Gasteiger partial charge in [-0.15, -0.1) is 10.2 Å². The number of aromatic nitrogens is 2. The molecule has 1 atom stereocenters. The second-order valence-corrected chi connectivity index (χ2v) is 5.63. The van der Waals surface area contributed by atoms with Crippen molar-refractivity contribution in [1.29, 1.82) is 0 Å². The lowest BCUT2D eigenvalue weighted by Crippen LogP contribution is -2.28. The summed E-state index contributed by atoms with van der Waals surface area (Å²) in [6.45, 7) is 3.52. The summed E-state index contributed by atoms with van der Waals surface area (Å²) in [5.41, 5.74) is 1.15. The number of rotatable bonds is 8. The van der Waals surface area contributed by atoms with Gasteiger partial charge in [0.15, 0.2) is 0 Å². The fourth-order valence-corrected chi connectivity index (χ4v) is 2.53. The summed E-state index contributed by atoms with van der Waals surface area (Å²) in [5.74, 6) is 1.72. The van der Waals surface area contributed by atoms with Crippen molar-refractivity contribution in [3.63, 3.8) is 0 Å². The molecule has 3 aromatic rings. The van der Waals surface area contributed by atoms with Gasteiger partial charge in [-0.2, -0.15) is 0 Å². The zero-order valence-corrected chi connectivity index (χ0v) is 13.6. The van der Waals surface area contributed by atoms with Gasteiger partial charge in [0.2, 0.25) is 11.8 Å². The standard InChI is InChI=1S/C18H21N3O3/c1-2-17-19-20-18(24-17)13-21(11-14-7-4-3-5-8-14)12-15(22)16-9-6-10-23-16/h3-10,15,22H,2,11-13H2,1H3. The Hall–Kier alpha value is -2.44. The lowest BCUT2D eigenvalue weighted by Gasteiger charge is -2.23. The molecule has 24 heavy (non-hydrogen) atoms. The molecular formula is C18H21N3O3. The number of aliphatic hydroxyl groups is 1. The van der Waals surface area contributed by atoms with Crippen molar-refractivity contribution in [3.05, 3.63) is 71.8 Å². The number of aliphatic hydroxyl groups excluding tert-OH is 1.